The Morgan fingerprint density at radius 3 is 1.39 bits per heavy atom. The van der Waals surface area contributed by atoms with Gasteiger partial charge in [0.1, 0.15) is 0 Å². The van der Waals surface area contributed by atoms with E-state index in [9.17, 15) is 14.4 Å². The van der Waals surface area contributed by atoms with Crippen molar-refractivity contribution in [2.75, 3.05) is 20.3 Å². The lowest BCUT2D eigenvalue weighted by molar-refractivity contribution is -0.145. The summed E-state index contributed by atoms with van der Waals surface area (Å²) in [5.74, 6) is -0.985. The van der Waals surface area contributed by atoms with Gasteiger partial charge in [-0.25, -0.2) is 14.4 Å². The Bertz CT molecular complexity index is 607. The van der Waals surface area contributed by atoms with E-state index in [-0.39, 0.29) is 43.2 Å². The third-order valence-electron chi connectivity index (χ3n) is 4.63. The third-order valence-corrected chi connectivity index (χ3v) is 4.63. The zero-order chi connectivity index (χ0) is 21.4. The van der Waals surface area contributed by atoms with Crippen LogP contribution in [0.15, 0.2) is 36.5 Å². The van der Waals surface area contributed by atoms with Crippen molar-refractivity contribution in [3.05, 3.63) is 36.5 Å². The molecule has 0 saturated carbocycles. The molecule has 2 heterocycles. The van der Waals surface area contributed by atoms with Crippen molar-refractivity contribution in [3.63, 3.8) is 0 Å². The monoisotopic (exact) mass is 394 g/mol. The lowest BCUT2D eigenvalue weighted by atomic mass is 9.80. The summed E-state index contributed by atoms with van der Waals surface area (Å²) in [6.45, 7) is 15.9. The van der Waals surface area contributed by atoms with Crippen LogP contribution in [0.1, 0.15) is 33.6 Å². The Hall–Kier alpha value is -2.41. The molecular weight excluding hydrogens is 364 g/mol. The highest BCUT2D eigenvalue weighted by molar-refractivity contribution is 5.87. The van der Waals surface area contributed by atoms with Crippen LogP contribution in [0.2, 0.25) is 0 Å². The molecule has 0 aromatic rings. The molecule has 28 heavy (non-hydrogen) atoms. The molecule has 2 aliphatic heterocycles. The first-order valence-corrected chi connectivity index (χ1v) is 9.13. The van der Waals surface area contributed by atoms with Crippen molar-refractivity contribution in [3.8, 4) is 0 Å². The summed E-state index contributed by atoms with van der Waals surface area (Å²) < 4.78 is 20.6. The number of ether oxygens (including phenoxy) is 4. The van der Waals surface area contributed by atoms with Gasteiger partial charge in [-0.2, -0.15) is 0 Å². The van der Waals surface area contributed by atoms with Crippen LogP contribution in [-0.2, 0) is 33.3 Å². The van der Waals surface area contributed by atoms with Crippen LogP contribution in [0, 0.1) is 11.8 Å². The molecule has 2 bridgehead atoms. The molecule has 2 fully saturated rings. The highest BCUT2D eigenvalue weighted by atomic mass is 16.6. The summed E-state index contributed by atoms with van der Waals surface area (Å²) in [7, 11) is 1.33. The van der Waals surface area contributed by atoms with Crippen LogP contribution in [0.4, 0.5) is 0 Å². The van der Waals surface area contributed by atoms with E-state index in [0.29, 0.717) is 16.7 Å². The number of rotatable bonds is 7. The molecule has 7 heteroatoms. The van der Waals surface area contributed by atoms with Gasteiger partial charge in [-0.1, -0.05) is 19.7 Å². The topological polar surface area (TPSA) is 88.1 Å². The van der Waals surface area contributed by atoms with Gasteiger partial charge in [0, 0.05) is 28.6 Å². The summed E-state index contributed by atoms with van der Waals surface area (Å²) >= 11 is 0. The quantitative estimate of drug-likeness (QED) is 0.373. The highest BCUT2D eigenvalue weighted by Crippen LogP contribution is 2.43. The number of carbonyl (C=O) groups excluding carboxylic acids is 3. The first-order valence-electron chi connectivity index (χ1n) is 9.13. The average molecular weight is 394 g/mol. The number of fused-ring (bicyclic) bond motifs is 2. The number of esters is 3. The molecule has 0 aromatic heterocycles. The van der Waals surface area contributed by atoms with Gasteiger partial charge in [0.25, 0.3) is 0 Å². The second-order valence-electron chi connectivity index (χ2n) is 7.15. The van der Waals surface area contributed by atoms with Crippen molar-refractivity contribution in [2.45, 2.75) is 45.8 Å². The van der Waals surface area contributed by atoms with Gasteiger partial charge in [-0.3, -0.25) is 0 Å². The average Bonchev–Trinajstić information content (AvgIpc) is 3.24. The van der Waals surface area contributed by atoms with Gasteiger partial charge in [0.2, 0.25) is 0 Å². The first-order chi connectivity index (χ1) is 13.1. The summed E-state index contributed by atoms with van der Waals surface area (Å²) in [6, 6.07) is 0. The molecule has 0 amide bonds. The van der Waals surface area contributed by atoms with E-state index in [0.717, 1.165) is 12.8 Å². The zero-order valence-corrected chi connectivity index (χ0v) is 17.1. The van der Waals surface area contributed by atoms with E-state index in [1.807, 2.05) is 0 Å². The predicted molar refractivity (Wildman–Crippen MR) is 103 cm³/mol. The smallest absolute Gasteiger partial charge is 0.333 e. The Balaban J connectivity index is 0.000000480. The molecular formula is C21H30O7. The molecule has 4 unspecified atom stereocenters. The first kappa shape index (κ1) is 23.6. The van der Waals surface area contributed by atoms with Crippen LogP contribution in [0.5, 0.6) is 0 Å². The predicted octanol–water partition coefficient (Wildman–Crippen LogP) is 2.75. The lowest BCUT2D eigenvalue weighted by Crippen LogP contribution is -2.35. The fraction of sp³-hybridized carbons (Fsp3) is 0.571. The fourth-order valence-electron chi connectivity index (χ4n) is 3.10. The van der Waals surface area contributed by atoms with Crippen LogP contribution in [0.25, 0.3) is 0 Å². The molecule has 2 aliphatic rings. The van der Waals surface area contributed by atoms with Crippen LogP contribution in [-0.4, -0.2) is 50.4 Å². The number of methoxy groups -OCH3 is 1. The Kier molecular flexibility index (Phi) is 9.12. The van der Waals surface area contributed by atoms with Crippen molar-refractivity contribution in [1.82, 2.24) is 0 Å². The standard InChI is InChI=1S/C16H22O5.C5H8O2/c1-9(2)15(17)19-7-11-12(8-20-16(18)10(3)4)14-6-5-13(11)21-14;1-4(2)5(6)7-3/h11-14H,1,3,5-8H2,2,4H3;1H2,2-3H3. The molecule has 156 valence electrons. The fourth-order valence-corrected chi connectivity index (χ4v) is 3.10. The SMILES string of the molecule is C=C(C)C(=O)OC.C=C(C)C(=O)OCC1C2CCC(O2)C1COC(=O)C(=C)C. The van der Waals surface area contributed by atoms with Gasteiger partial charge < -0.3 is 18.9 Å². The second kappa shape index (κ2) is 10.8. The van der Waals surface area contributed by atoms with E-state index in [1.54, 1.807) is 20.8 Å². The Labute approximate surface area is 166 Å². The van der Waals surface area contributed by atoms with Crippen molar-refractivity contribution in [2.24, 2.45) is 11.8 Å². The summed E-state index contributed by atoms with van der Waals surface area (Å²) in [5, 5.41) is 0. The van der Waals surface area contributed by atoms with E-state index in [4.69, 9.17) is 14.2 Å². The number of hydrogen-bond donors (Lipinski definition) is 0. The van der Waals surface area contributed by atoms with E-state index >= 15 is 0 Å². The van der Waals surface area contributed by atoms with Crippen molar-refractivity contribution in [1.29, 1.82) is 0 Å². The number of carbonyl (C=O) groups is 3. The largest absolute Gasteiger partial charge is 0.466 e. The molecule has 2 saturated heterocycles. The van der Waals surface area contributed by atoms with Crippen LogP contribution in [0.3, 0.4) is 0 Å². The van der Waals surface area contributed by atoms with Gasteiger partial charge in [0.05, 0.1) is 32.5 Å². The van der Waals surface area contributed by atoms with Crippen LogP contribution >= 0.6 is 0 Å². The minimum absolute atomic E-state index is 0.0740. The molecule has 0 spiro atoms. The van der Waals surface area contributed by atoms with Crippen LogP contribution < -0.4 is 0 Å². The molecule has 0 N–H and O–H groups in total. The highest BCUT2D eigenvalue weighted by Gasteiger charge is 2.49. The van der Waals surface area contributed by atoms with Gasteiger partial charge in [-0.15, -0.1) is 0 Å². The summed E-state index contributed by atoms with van der Waals surface area (Å²) in [5.41, 5.74) is 1.19. The zero-order valence-electron chi connectivity index (χ0n) is 17.1. The molecule has 4 atom stereocenters. The van der Waals surface area contributed by atoms with Crippen molar-refractivity contribution < 1.29 is 33.3 Å². The maximum atomic E-state index is 11.5. The molecule has 0 aliphatic carbocycles. The van der Waals surface area contributed by atoms with Gasteiger partial charge >= 0.3 is 17.9 Å². The van der Waals surface area contributed by atoms with Crippen molar-refractivity contribution >= 4 is 17.9 Å². The summed E-state index contributed by atoms with van der Waals surface area (Å²) in [6.07, 6.45) is 2.10. The number of hydrogen-bond acceptors (Lipinski definition) is 7. The molecule has 2 rings (SSSR count). The maximum Gasteiger partial charge on any atom is 0.333 e. The van der Waals surface area contributed by atoms with Gasteiger partial charge in [0.15, 0.2) is 0 Å². The third kappa shape index (κ3) is 6.64. The second-order valence-corrected chi connectivity index (χ2v) is 7.15. The Morgan fingerprint density at radius 1 is 0.786 bits per heavy atom. The molecule has 0 radical (unpaired) electrons. The maximum absolute atomic E-state index is 11.5. The van der Waals surface area contributed by atoms with E-state index in [1.165, 1.54) is 7.11 Å². The normalized spacial score (nSPS) is 24.4. The van der Waals surface area contributed by atoms with Gasteiger partial charge in [-0.05, 0) is 33.6 Å². The summed E-state index contributed by atoms with van der Waals surface area (Å²) in [4.78, 5) is 33.2. The Morgan fingerprint density at radius 2 is 1.14 bits per heavy atom. The lowest BCUT2D eigenvalue weighted by Gasteiger charge is -2.27. The molecule has 7 nitrogen and oxygen atoms in total. The van der Waals surface area contributed by atoms with E-state index in [2.05, 4.69) is 24.5 Å². The minimum atomic E-state index is -0.393. The van der Waals surface area contributed by atoms with E-state index < -0.39 is 11.9 Å². The minimum Gasteiger partial charge on any atom is -0.466 e. The molecule has 0 aromatic carbocycles.